The fraction of sp³-hybridized carbons (Fsp3) is 0.333. The van der Waals surface area contributed by atoms with Gasteiger partial charge in [-0.15, -0.1) is 0 Å². The predicted molar refractivity (Wildman–Crippen MR) is 119 cm³/mol. The molecule has 0 saturated heterocycles. The number of ether oxygens (including phenoxy) is 1. The molecule has 0 spiro atoms. The molecule has 158 valence electrons. The highest BCUT2D eigenvalue weighted by Gasteiger charge is 2.15. The Kier molecular flexibility index (Phi) is 6.15. The van der Waals surface area contributed by atoms with Crippen LogP contribution in [0.4, 0.5) is 10.5 Å². The number of benzene rings is 2. The highest BCUT2D eigenvalue weighted by molar-refractivity contribution is 5.89. The fourth-order valence-electron chi connectivity index (χ4n) is 3.58. The number of rotatable bonds is 5. The summed E-state index contributed by atoms with van der Waals surface area (Å²) in [5.74, 6) is 2.31. The third-order valence-corrected chi connectivity index (χ3v) is 4.73. The van der Waals surface area contributed by atoms with E-state index < -0.39 is 0 Å². The lowest BCUT2D eigenvalue weighted by Crippen LogP contribution is -2.34. The molecule has 0 aliphatic heterocycles. The average molecular weight is 408 g/mol. The van der Waals surface area contributed by atoms with Gasteiger partial charge in [-0.05, 0) is 95.0 Å². The van der Waals surface area contributed by atoms with Crippen LogP contribution in [0, 0.1) is 34.6 Å². The minimum absolute atomic E-state index is 0.0722. The van der Waals surface area contributed by atoms with Crippen molar-refractivity contribution in [2.75, 3.05) is 5.32 Å². The molecule has 30 heavy (non-hydrogen) atoms. The lowest BCUT2D eigenvalue weighted by Gasteiger charge is -2.16. The molecule has 1 heterocycles. The maximum Gasteiger partial charge on any atom is 0.319 e. The van der Waals surface area contributed by atoms with Crippen LogP contribution in [0.5, 0.6) is 11.5 Å². The maximum absolute atomic E-state index is 12.0. The van der Waals surface area contributed by atoms with Gasteiger partial charge in [-0.3, -0.25) is 0 Å². The summed E-state index contributed by atoms with van der Waals surface area (Å²) in [5.41, 5.74) is 6.56. The summed E-state index contributed by atoms with van der Waals surface area (Å²) in [6.45, 7) is 13.7. The molecule has 2 amide bonds. The standard InChI is InChI=1S/C24H29N3O3/c1-13(2)25-24(28)26-20-10-15(4)23(16(5)11-20)29-21-9-14(3)8-19(12-21)22-17(6)27-30-18(22)7/h8-13H,1-7H3,(H2,25,26,28). The number of carbonyl (C=O) groups excluding carboxylic acids is 1. The number of anilines is 1. The van der Waals surface area contributed by atoms with Crippen LogP contribution in [0.2, 0.25) is 0 Å². The number of nitrogens with zero attached hydrogens (tertiary/aromatic N) is 1. The Morgan fingerprint density at radius 1 is 1.00 bits per heavy atom. The Morgan fingerprint density at radius 3 is 2.23 bits per heavy atom. The number of aromatic nitrogens is 1. The molecule has 2 N–H and O–H groups in total. The van der Waals surface area contributed by atoms with E-state index in [1.54, 1.807) is 0 Å². The summed E-state index contributed by atoms with van der Waals surface area (Å²) in [6.07, 6.45) is 0. The fourth-order valence-corrected chi connectivity index (χ4v) is 3.58. The van der Waals surface area contributed by atoms with E-state index in [2.05, 4.69) is 21.9 Å². The highest BCUT2D eigenvalue weighted by Crippen LogP contribution is 2.35. The lowest BCUT2D eigenvalue weighted by atomic mass is 10.0. The van der Waals surface area contributed by atoms with Crippen molar-refractivity contribution in [3.63, 3.8) is 0 Å². The van der Waals surface area contributed by atoms with Crippen molar-refractivity contribution in [2.24, 2.45) is 0 Å². The second-order valence-electron chi connectivity index (χ2n) is 8.03. The van der Waals surface area contributed by atoms with Crippen LogP contribution < -0.4 is 15.4 Å². The van der Waals surface area contributed by atoms with Crippen LogP contribution in [-0.4, -0.2) is 17.2 Å². The Hall–Kier alpha value is -3.28. The number of hydrogen-bond acceptors (Lipinski definition) is 4. The van der Waals surface area contributed by atoms with E-state index in [4.69, 9.17) is 9.26 Å². The summed E-state index contributed by atoms with van der Waals surface area (Å²) in [7, 11) is 0. The number of amides is 2. The van der Waals surface area contributed by atoms with Gasteiger partial charge in [-0.2, -0.15) is 0 Å². The first-order valence-corrected chi connectivity index (χ1v) is 10.1. The summed E-state index contributed by atoms with van der Waals surface area (Å²) in [4.78, 5) is 12.0. The monoisotopic (exact) mass is 407 g/mol. The largest absolute Gasteiger partial charge is 0.457 e. The van der Waals surface area contributed by atoms with E-state index in [9.17, 15) is 4.79 Å². The zero-order valence-electron chi connectivity index (χ0n) is 18.6. The Labute approximate surface area is 177 Å². The summed E-state index contributed by atoms with van der Waals surface area (Å²) < 4.78 is 11.6. The van der Waals surface area contributed by atoms with Gasteiger partial charge in [0.05, 0.1) is 5.69 Å². The van der Waals surface area contributed by atoms with Crippen molar-refractivity contribution in [2.45, 2.75) is 54.5 Å². The maximum atomic E-state index is 12.0. The zero-order chi connectivity index (χ0) is 22.0. The van der Waals surface area contributed by atoms with E-state index in [1.807, 2.05) is 72.7 Å². The molecular formula is C24H29N3O3. The van der Waals surface area contributed by atoms with Crippen molar-refractivity contribution in [1.29, 1.82) is 0 Å². The first kappa shape index (κ1) is 21.4. The molecule has 1 aromatic heterocycles. The first-order chi connectivity index (χ1) is 14.1. The molecule has 0 saturated carbocycles. The molecule has 0 radical (unpaired) electrons. The Morgan fingerprint density at radius 2 is 1.67 bits per heavy atom. The topological polar surface area (TPSA) is 76.4 Å². The Bertz CT molecular complexity index is 1040. The zero-order valence-corrected chi connectivity index (χ0v) is 18.6. The number of nitrogens with one attached hydrogen (secondary N) is 2. The smallest absolute Gasteiger partial charge is 0.319 e. The van der Waals surface area contributed by atoms with Gasteiger partial charge in [0, 0.05) is 17.3 Å². The minimum Gasteiger partial charge on any atom is -0.457 e. The number of aryl methyl sites for hydroxylation is 5. The van der Waals surface area contributed by atoms with Crippen molar-refractivity contribution in [1.82, 2.24) is 10.5 Å². The van der Waals surface area contributed by atoms with Crippen LogP contribution in [-0.2, 0) is 0 Å². The second-order valence-corrected chi connectivity index (χ2v) is 8.03. The van der Waals surface area contributed by atoms with Gasteiger partial charge in [0.2, 0.25) is 0 Å². The van der Waals surface area contributed by atoms with E-state index in [1.165, 1.54) is 0 Å². The van der Waals surface area contributed by atoms with Crippen LogP contribution >= 0.6 is 0 Å². The molecule has 3 rings (SSSR count). The van der Waals surface area contributed by atoms with Gasteiger partial charge < -0.3 is 19.9 Å². The molecule has 0 aliphatic carbocycles. The lowest BCUT2D eigenvalue weighted by molar-refractivity contribution is 0.250. The number of urea groups is 1. The molecule has 6 nitrogen and oxygen atoms in total. The third-order valence-electron chi connectivity index (χ3n) is 4.73. The van der Waals surface area contributed by atoms with Gasteiger partial charge in [-0.1, -0.05) is 11.2 Å². The summed E-state index contributed by atoms with van der Waals surface area (Å²) in [6, 6.07) is 9.77. The molecule has 6 heteroatoms. The number of carbonyl (C=O) groups is 1. The highest BCUT2D eigenvalue weighted by atomic mass is 16.5. The average Bonchev–Trinajstić information content (AvgIpc) is 2.95. The van der Waals surface area contributed by atoms with Crippen LogP contribution in [0.25, 0.3) is 11.1 Å². The number of hydrogen-bond donors (Lipinski definition) is 2. The molecule has 0 unspecified atom stereocenters. The van der Waals surface area contributed by atoms with Gasteiger partial charge in [0.15, 0.2) is 0 Å². The molecule has 2 aromatic carbocycles. The van der Waals surface area contributed by atoms with Crippen molar-refractivity contribution in [3.05, 3.63) is 58.5 Å². The SMILES string of the molecule is Cc1cc(Oc2c(C)cc(NC(=O)NC(C)C)cc2C)cc(-c2c(C)noc2C)c1. The molecule has 0 fully saturated rings. The first-order valence-electron chi connectivity index (χ1n) is 10.1. The van der Waals surface area contributed by atoms with E-state index in [-0.39, 0.29) is 12.1 Å². The normalized spacial score (nSPS) is 10.9. The molecule has 0 bridgehead atoms. The van der Waals surface area contributed by atoms with Gasteiger partial charge in [0.1, 0.15) is 17.3 Å². The van der Waals surface area contributed by atoms with Crippen LogP contribution in [0.1, 0.15) is 42.0 Å². The molecule has 0 aliphatic rings. The van der Waals surface area contributed by atoms with E-state index >= 15 is 0 Å². The second kappa shape index (κ2) is 8.61. The van der Waals surface area contributed by atoms with Gasteiger partial charge in [0.25, 0.3) is 0 Å². The molecule has 3 aromatic rings. The minimum atomic E-state index is -0.222. The van der Waals surface area contributed by atoms with E-state index in [0.29, 0.717) is 0 Å². The third kappa shape index (κ3) is 4.82. The van der Waals surface area contributed by atoms with Crippen LogP contribution in [0.3, 0.4) is 0 Å². The van der Waals surface area contributed by atoms with Gasteiger partial charge >= 0.3 is 6.03 Å². The van der Waals surface area contributed by atoms with Crippen molar-refractivity contribution in [3.8, 4) is 22.6 Å². The molecular weight excluding hydrogens is 378 g/mol. The predicted octanol–water partition coefficient (Wildman–Crippen LogP) is 6.21. The van der Waals surface area contributed by atoms with Crippen molar-refractivity contribution >= 4 is 11.7 Å². The van der Waals surface area contributed by atoms with Crippen molar-refractivity contribution < 1.29 is 14.1 Å². The quantitative estimate of drug-likeness (QED) is 0.527. The van der Waals surface area contributed by atoms with Crippen LogP contribution in [0.15, 0.2) is 34.9 Å². The summed E-state index contributed by atoms with van der Waals surface area (Å²) >= 11 is 0. The summed E-state index contributed by atoms with van der Waals surface area (Å²) in [5, 5.41) is 9.76. The molecule has 0 atom stereocenters. The Balaban J connectivity index is 1.89. The van der Waals surface area contributed by atoms with Gasteiger partial charge in [-0.25, -0.2) is 4.79 Å². The van der Waals surface area contributed by atoms with E-state index in [0.717, 1.165) is 56.5 Å².